The molecule has 0 aromatic rings. The van der Waals surface area contributed by atoms with E-state index in [0.717, 1.165) is 0 Å². The molecule has 0 heterocycles. The van der Waals surface area contributed by atoms with E-state index in [2.05, 4.69) is 17.0 Å². The largest absolute Gasteiger partial charge is 1.00 e. The van der Waals surface area contributed by atoms with E-state index in [1.807, 2.05) is 0 Å². The molecule has 0 aliphatic heterocycles. The molecular formula is H2Cl2NNa. The fourth-order valence-corrected chi connectivity index (χ4v) is 0. The van der Waals surface area contributed by atoms with Crippen molar-refractivity contribution >= 4 is 11.8 Å². The van der Waals surface area contributed by atoms with Gasteiger partial charge in [0.2, 0.25) is 0 Å². The Morgan fingerprint density at radius 1 is 1.25 bits per heavy atom. The van der Waals surface area contributed by atoms with E-state index >= 15 is 0 Å². The van der Waals surface area contributed by atoms with Crippen LogP contribution in [0.15, 0.2) is 0 Å². The van der Waals surface area contributed by atoms with Crippen LogP contribution in [0.5, 0.6) is 0 Å². The van der Waals surface area contributed by atoms with Gasteiger partial charge in [-0.05, 0) is 11.8 Å². The van der Waals surface area contributed by atoms with Gasteiger partial charge in [-0.1, -0.05) is 0 Å². The van der Waals surface area contributed by atoms with Crippen LogP contribution in [0, 0.1) is 0 Å². The molecule has 0 aliphatic rings. The molecule has 0 spiro atoms. The predicted molar refractivity (Wildman–Crippen MR) is 10.0 cm³/mol. The van der Waals surface area contributed by atoms with Gasteiger partial charge in [0, 0.05) is 0 Å². The fourth-order valence-electron chi connectivity index (χ4n) is 0. The maximum absolute atomic E-state index is 4.14. The van der Waals surface area contributed by atoms with Crippen LogP contribution >= 0.6 is 11.8 Å². The molecule has 0 aliphatic carbocycles. The molecule has 4 heteroatoms. The SMILES string of the molecule is NCl.[Cl-].[Na+]. The number of hydrogen-bond donors (Lipinski definition) is 1. The summed E-state index contributed by atoms with van der Waals surface area (Å²) in [6, 6.07) is 0. The van der Waals surface area contributed by atoms with E-state index in [1.165, 1.54) is 0 Å². The maximum atomic E-state index is 4.14. The second-order valence-corrected chi connectivity index (χ2v) is 0. The normalized spacial score (nSPS) is 1.50. The average molecular weight is 110 g/mol. The Morgan fingerprint density at radius 2 is 1.25 bits per heavy atom. The van der Waals surface area contributed by atoms with E-state index in [1.54, 1.807) is 0 Å². The molecule has 1 nitrogen and oxygen atoms in total. The Hall–Kier alpha value is 1.54. The van der Waals surface area contributed by atoms with Gasteiger partial charge in [0.15, 0.2) is 0 Å². The van der Waals surface area contributed by atoms with Crippen LogP contribution in [0.25, 0.3) is 0 Å². The number of rotatable bonds is 0. The summed E-state index contributed by atoms with van der Waals surface area (Å²) in [4.78, 5) is 0. The van der Waals surface area contributed by atoms with Gasteiger partial charge in [0.1, 0.15) is 0 Å². The fraction of sp³-hybridized carbons (Fsp3) is 0. The summed E-state index contributed by atoms with van der Waals surface area (Å²) < 4.78 is 0. The summed E-state index contributed by atoms with van der Waals surface area (Å²) in [6.45, 7) is 0. The van der Waals surface area contributed by atoms with Gasteiger partial charge in [-0.2, -0.15) is 0 Å². The summed E-state index contributed by atoms with van der Waals surface area (Å²) in [5.41, 5.74) is 0. The van der Waals surface area contributed by atoms with Crippen LogP contribution in [0.1, 0.15) is 0 Å². The predicted octanol–water partition coefficient (Wildman–Crippen LogP) is -5.89. The summed E-state index contributed by atoms with van der Waals surface area (Å²) in [6.07, 6.45) is 0. The Bertz CT molecular complexity index is 6.00. The van der Waals surface area contributed by atoms with Crippen LogP contribution in [0.3, 0.4) is 0 Å². The Kier molecular flexibility index (Phi) is 106. The Balaban J connectivity index is -0.00000000500. The van der Waals surface area contributed by atoms with Crippen LogP contribution < -0.4 is 47.2 Å². The average Bonchev–Trinajstić information content (AvgIpc) is 1.00. The minimum atomic E-state index is 0. The molecule has 0 bridgehead atoms. The first-order chi connectivity index (χ1) is 1.00. The molecule has 0 amide bonds. The van der Waals surface area contributed by atoms with E-state index in [0.29, 0.717) is 0 Å². The molecule has 0 radical (unpaired) electrons. The summed E-state index contributed by atoms with van der Waals surface area (Å²) >= 11 is 4.14. The standard InChI is InChI=1S/ClH2N.ClH.Na/c1-2;;/h2H2;1H;/q;;+1/p-1. The van der Waals surface area contributed by atoms with Crippen molar-refractivity contribution in [3.05, 3.63) is 0 Å². The molecule has 0 aromatic heterocycles. The van der Waals surface area contributed by atoms with Crippen molar-refractivity contribution in [2.75, 3.05) is 0 Å². The molecule has 2 N–H and O–H groups in total. The van der Waals surface area contributed by atoms with E-state index in [4.69, 9.17) is 0 Å². The third-order valence-corrected chi connectivity index (χ3v) is 0. The minimum Gasteiger partial charge on any atom is -1.00 e. The van der Waals surface area contributed by atoms with Gasteiger partial charge >= 0.3 is 29.6 Å². The zero-order valence-electron chi connectivity index (χ0n) is 2.33. The van der Waals surface area contributed by atoms with Gasteiger partial charge in [0.05, 0.1) is 0 Å². The van der Waals surface area contributed by atoms with Crippen molar-refractivity contribution in [1.82, 2.24) is 0 Å². The van der Waals surface area contributed by atoms with E-state index in [-0.39, 0.29) is 42.0 Å². The summed E-state index contributed by atoms with van der Waals surface area (Å²) in [5.74, 6) is 0. The van der Waals surface area contributed by atoms with Crippen molar-refractivity contribution in [3.63, 3.8) is 0 Å². The second-order valence-electron chi connectivity index (χ2n) is 0. The molecule has 0 atom stereocenters. The van der Waals surface area contributed by atoms with Crippen molar-refractivity contribution in [2.24, 2.45) is 5.25 Å². The van der Waals surface area contributed by atoms with E-state index in [9.17, 15) is 0 Å². The quantitative estimate of drug-likeness (QED) is 0.244. The van der Waals surface area contributed by atoms with Crippen molar-refractivity contribution < 1.29 is 42.0 Å². The van der Waals surface area contributed by atoms with Crippen molar-refractivity contribution in [2.45, 2.75) is 0 Å². The molecule has 0 unspecified atom stereocenters. The molecule has 0 saturated carbocycles. The Morgan fingerprint density at radius 3 is 1.25 bits per heavy atom. The van der Waals surface area contributed by atoms with Crippen molar-refractivity contribution in [3.8, 4) is 0 Å². The smallest absolute Gasteiger partial charge is 1.00 e. The number of hydrogen-bond acceptors (Lipinski definition) is 1. The molecule has 4 heavy (non-hydrogen) atoms. The first-order valence-electron chi connectivity index (χ1n) is 0.218. The monoisotopic (exact) mass is 109 g/mol. The van der Waals surface area contributed by atoms with Gasteiger partial charge in [0.25, 0.3) is 0 Å². The van der Waals surface area contributed by atoms with E-state index < -0.39 is 0 Å². The molecule has 0 fully saturated rings. The van der Waals surface area contributed by atoms with Crippen LogP contribution in [-0.2, 0) is 0 Å². The van der Waals surface area contributed by atoms with Crippen LogP contribution in [0.2, 0.25) is 0 Å². The maximum Gasteiger partial charge on any atom is 1.00 e. The zero-order chi connectivity index (χ0) is 2.00. The number of nitrogens with two attached hydrogens (primary N) is 1. The van der Waals surface area contributed by atoms with Gasteiger partial charge in [-0.3, -0.25) is 0 Å². The van der Waals surface area contributed by atoms with Gasteiger partial charge in [-0.15, -0.1) is 0 Å². The molecule has 0 saturated heterocycles. The minimum absolute atomic E-state index is 0. The van der Waals surface area contributed by atoms with Gasteiger partial charge < -0.3 is 12.4 Å². The van der Waals surface area contributed by atoms with Crippen LogP contribution in [0.4, 0.5) is 0 Å². The van der Waals surface area contributed by atoms with Crippen LogP contribution in [-0.4, -0.2) is 0 Å². The molecule has 22 valence electrons. The number of halogens is 2. The topological polar surface area (TPSA) is 26.0 Å². The summed E-state index contributed by atoms with van der Waals surface area (Å²) in [7, 11) is 0. The molecule has 0 rings (SSSR count). The Labute approximate surface area is 58.7 Å². The van der Waals surface area contributed by atoms with Gasteiger partial charge in [-0.25, -0.2) is 5.25 Å². The zero-order valence-corrected chi connectivity index (χ0v) is 5.85. The molecule has 0 aromatic carbocycles. The first kappa shape index (κ1) is 17.7. The molecular weight excluding hydrogens is 108 g/mol. The van der Waals surface area contributed by atoms with Crippen molar-refractivity contribution in [1.29, 1.82) is 0 Å². The third-order valence-electron chi connectivity index (χ3n) is 0. The first-order valence-corrected chi connectivity index (χ1v) is 0.655. The second kappa shape index (κ2) is 24.0. The third kappa shape index (κ3) is 9.63. The summed E-state index contributed by atoms with van der Waals surface area (Å²) in [5, 5.41) is 3.97.